The lowest BCUT2D eigenvalue weighted by atomic mass is 10.1. The van der Waals surface area contributed by atoms with E-state index in [2.05, 4.69) is 30.8 Å². The molecule has 0 spiro atoms. The van der Waals surface area contributed by atoms with Crippen molar-refractivity contribution in [2.75, 3.05) is 17.7 Å². The number of rotatable bonds is 14. The number of hydrogen-bond acceptors (Lipinski definition) is 11. The van der Waals surface area contributed by atoms with Crippen LogP contribution in [0.15, 0.2) is 48.6 Å². The van der Waals surface area contributed by atoms with E-state index in [1.165, 1.54) is 25.3 Å². The number of primary amides is 2. The average Bonchev–Trinajstić information content (AvgIpc) is 3.88. The highest BCUT2D eigenvalue weighted by molar-refractivity contribution is 6.04. The lowest BCUT2D eigenvalue weighted by Gasteiger charge is -2.16. The van der Waals surface area contributed by atoms with Gasteiger partial charge in [0.25, 0.3) is 5.91 Å². The Balaban J connectivity index is 1.38. The average molecular weight is 725 g/mol. The molecule has 0 radical (unpaired) electrons. The van der Waals surface area contributed by atoms with Crippen molar-refractivity contribution in [3.8, 4) is 11.5 Å². The van der Waals surface area contributed by atoms with Crippen LogP contribution in [0.1, 0.15) is 68.4 Å². The molecule has 3 amide bonds. The molecule has 276 valence electrons. The maximum Gasteiger partial charge on any atom is 0.276 e. The number of aryl methyl sites for hydroxylation is 4. The van der Waals surface area contributed by atoms with E-state index >= 15 is 0 Å². The van der Waals surface area contributed by atoms with Crippen LogP contribution in [-0.2, 0) is 26.2 Å². The van der Waals surface area contributed by atoms with Gasteiger partial charge in [-0.3, -0.25) is 29.1 Å². The second kappa shape index (κ2) is 14.5. The number of allylic oxidation sites excluding steroid dienone is 2. The number of amides is 3. The van der Waals surface area contributed by atoms with Crippen molar-refractivity contribution in [3.05, 3.63) is 82.5 Å². The number of aliphatic hydroxyl groups is 1. The smallest absolute Gasteiger partial charge is 0.276 e. The molecule has 1 unspecified atom stereocenters. The van der Waals surface area contributed by atoms with Crippen molar-refractivity contribution in [1.29, 1.82) is 0 Å². The third-order valence-corrected chi connectivity index (χ3v) is 8.60. The third-order valence-electron chi connectivity index (χ3n) is 8.60. The van der Waals surface area contributed by atoms with E-state index in [1.54, 1.807) is 49.7 Å². The van der Waals surface area contributed by atoms with Crippen LogP contribution >= 0.6 is 0 Å². The Morgan fingerprint density at radius 1 is 0.830 bits per heavy atom. The molecule has 4 heterocycles. The predicted octanol–water partition coefficient (Wildman–Crippen LogP) is 2.96. The number of hydrogen-bond donors (Lipinski definition) is 6. The van der Waals surface area contributed by atoms with Gasteiger partial charge < -0.3 is 40.9 Å². The molecule has 6 aromatic rings. The number of methoxy groups -OCH3 is 1. The Labute approximate surface area is 302 Å². The summed E-state index contributed by atoms with van der Waals surface area (Å²) in [5, 5.41) is 36.9. The summed E-state index contributed by atoms with van der Waals surface area (Å²) in [6, 6.07) is 9.17. The molecule has 0 aliphatic carbocycles. The number of nitrogens with zero attached hydrogens (tertiary/aromatic N) is 8. The zero-order valence-electron chi connectivity index (χ0n) is 29.8. The first-order chi connectivity index (χ1) is 25.3. The molecule has 0 aliphatic heterocycles. The quantitative estimate of drug-likeness (QED) is 0.0704. The first kappa shape index (κ1) is 36.1. The Kier molecular flexibility index (Phi) is 9.88. The van der Waals surface area contributed by atoms with Crippen molar-refractivity contribution >= 4 is 51.7 Å². The molecular formula is C35H40N12O6. The molecule has 18 nitrogen and oxygen atoms in total. The van der Waals surface area contributed by atoms with Crippen LogP contribution in [-0.4, -0.2) is 73.7 Å². The first-order valence-electron chi connectivity index (χ1n) is 16.7. The molecule has 6 rings (SSSR count). The van der Waals surface area contributed by atoms with E-state index in [1.807, 2.05) is 26.8 Å². The summed E-state index contributed by atoms with van der Waals surface area (Å²) in [4.78, 5) is 46.7. The fourth-order valence-corrected chi connectivity index (χ4v) is 6.21. The van der Waals surface area contributed by atoms with Crippen LogP contribution in [0.4, 0.5) is 11.9 Å². The van der Waals surface area contributed by atoms with Crippen molar-refractivity contribution in [2.45, 2.75) is 60.1 Å². The number of nitrogens with two attached hydrogens (primary N) is 2. The molecule has 53 heavy (non-hydrogen) atoms. The van der Waals surface area contributed by atoms with Crippen molar-refractivity contribution in [3.63, 3.8) is 0 Å². The zero-order valence-corrected chi connectivity index (χ0v) is 29.8. The van der Waals surface area contributed by atoms with Gasteiger partial charge >= 0.3 is 0 Å². The minimum atomic E-state index is -1.19. The molecule has 18 heteroatoms. The van der Waals surface area contributed by atoms with Gasteiger partial charge in [-0.2, -0.15) is 10.2 Å². The van der Waals surface area contributed by atoms with Gasteiger partial charge in [0.05, 0.1) is 35.2 Å². The summed E-state index contributed by atoms with van der Waals surface area (Å²) in [5.41, 5.74) is 15.0. The number of ether oxygens (including phenoxy) is 1. The fourth-order valence-electron chi connectivity index (χ4n) is 6.21. The summed E-state index contributed by atoms with van der Waals surface area (Å²) in [5.74, 6) is -1.44. The lowest BCUT2D eigenvalue weighted by Crippen LogP contribution is -2.20. The first-order valence-corrected chi connectivity index (χ1v) is 16.7. The number of aliphatic hydroxyl groups excluding tert-OH is 1. The Morgan fingerprint density at radius 3 is 2.02 bits per heavy atom. The van der Waals surface area contributed by atoms with Gasteiger partial charge in [-0.15, -0.1) is 0 Å². The Hall–Kier alpha value is -6.69. The standard InChI is InChI=1S/C35H40N12O6/c1-6-46-24(12-18(3)42-46)32(51)40-34-38-22-14-20(30(36)49)16-26(48)28(22)44(34)10-8-9-11-45-29-23(15-21(31(37)50)17-27(29)53-5)39-35(45)41-33(52)25-13-19(4)43-47(25)7-2/h8-9,12-17,33,48,52H,6-7,10-11H2,1-5H3,(H2,36,49)(H2,37,50)(H,39,41)(H,38,40,51)/b9-8+. The third kappa shape index (κ3) is 6.98. The topological polar surface area (TPSA) is 248 Å². The van der Waals surface area contributed by atoms with Gasteiger partial charge in [0.2, 0.25) is 23.7 Å². The molecule has 8 N–H and O–H groups in total. The molecular weight excluding hydrogens is 684 g/mol. The maximum atomic E-state index is 13.4. The normalized spacial score (nSPS) is 12.2. The van der Waals surface area contributed by atoms with Gasteiger partial charge in [0.15, 0.2) is 6.23 Å². The number of aromatic nitrogens is 8. The second-order valence-corrected chi connectivity index (χ2v) is 12.2. The molecule has 0 fully saturated rings. The maximum absolute atomic E-state index is 13.4. The molecule has 0 saturated heterocycles. The van der Waals surface area contributed by atoms with Gasteiger partial charge in [-0.1, -0.05) is 12.2 Å². The number of nitrogens with one attached hydrogen (secondary N) is 2. The highest BCUT2D eigenvalue weighted by Gasteiger charge is 2.23. The SMILES string of the molecule is CCn1nc(C)cc1C(=O)Nc1nc2cc(C(N)=O)cc(O)c2n1C/C=C/Cn1c(NC(O)c2cc(C)nn2CC)nc2cc(C(N)=O)cc(OC)c21. The van der Waals surface area contributed by atoms with E-state index in [0.717, 1.165) is 5.69 Å². The number of phenols is 1. The zero-order chi connectivity index (χ0) is 38.1. The van der Waals surface area contributed by atoms with Crippen LogP contribution in [0.3, 0.4) is 0 Å². The number of aromatic hydroxyl groups is 1. The van der Waals surface area contributed by atoms with Crippen LogP contribution in [0.2, 0.25) is 0 Å². The molecule has 0 saturated carbocycles. The minimum absolute atomic E-state index is 0.0487. The number of carbonyl (C=O) groups is 3. The number of imidazole rings is 2. The number of carbonyl (C=O) groups excluding carboxylic acids is 3. The van der Waals surface area contributed by atoms with Gasteiger partial charge in [-0.25, -0.2) is 9.97 Å². The minimum Gasteiger partial charge on any atom is -0.506 e. The molecule has 1 atom stereocenters. The monoisotopic (exact) mass is 724 g/mol. The number of fused-ring (bicyclic) bond motifs is 2. The summed E-state index contributed by atoms with van der Waals surface area (Å²) in [7, 11) is 1.46. The number of benzene rings is 2. The molecule has 0 bridgehead atoms. The second-order valence-electron chi connectivity index (χ2n) is 12.2. The highest BCUT2D eigenvalue weighted by Crippen LogP contribution is 2.33. The van der Waals surface area contributed by atoms with Crippen molar-refractivity contribution in [2.24, 2.45) is 11.5 Å². The molecule has 0 aliphatic rings. The fraction of sp³-hybridized carbons (Fsp3) is 0.286. The van der Waals surface area contributed by atoms with Gasteiger partial charge in [0.1, 0.15) is 28.2 Å². The van der Waals surface area contributed by atoms with Crippen molar-refractivity contribution < 1.29 is 29.3 Å². The van der Waals surface area contributed by atoms with E-state index in [0.29, 0.717) is 47.0 Å². The summed E-state index contributed by atoms with van der Waals surface area (Å²) in [6.45, 7) is 8.68. The van der Waals surface area contributed by atoms with E-state index < -0.39 is 23.9 Å². The van der Waals surface area contributed by atoms with E-state index in [-0.39, 0.29) is 52.9 Å². The van der Waals surface area contributed by atoms with Crippen LogP contribution in [0.25, 0.3) is 22.1 Å². The van der Waals surface area contributed by atoms with Crippen LogP contribution < -0.4 is 26.8 Å². The summed E-state index contributed by atoms with van der Waals surface area (Å²) in [6.07, 6.45) is 2.40. The van der Waals surface area contributed by atoms with Crippen LogP contribution in [0.5, 0.6) is 11.5 Å². The Morgan fingerprint density at radius 2 is 1.40 bits per heavy atom. The Bertz CT molecular complexity index is 2420. The largest absolute Gasteiger partial charge is 0.506 e. The van der Waals surface area contributed by atoms with E-state index in [9.17, 15) is 24.6 Å². The van der Waals surface area contributed by atoms with E-state index in [4.69, 9.17) is 16.2 Å². The van der Waals surface area contributed by atoms with Crippen LogP contribution in [0, 0.1) is 13.8 Å². The van der Waals surface area contributed by atoms with Gasteiger partial charge in [-0.05, 0) is 64.1 Å². The van der Waals surface area contributed by atoms with Gasteiger partial charge in [0, 0.05) is 37.3 Å². The lowest BCUT2D eigenvalue weighted by molar-refractivity contribution is 0.0991. The summed E-state index contributed by atoms with van der Waals surface area (Å²) >= 11 is 0. The highest BCUT2D eigenvalue weighted by atomic mass is 16.5. The van der Waals surface area contributed by atoms with Crippen molar-refractivity contribution in [1.82, 2.24) is 38.7 Å². The molecule has 4 aromatic heterocycles. The number of phenolic OH excluding ortho intramolecular Hbond substituents is 1. The molecule has 2 aromatic carbocycles. The number of anilines is 2. The predicted molar refractivity (Wildman–Crippen MR) is 196 cm³/mol. The summed E-state index contributed by atoms with van der Waals surface area (Å²) < 4.78 is 12.2.